The number of hydrogen-bond donors (Lipinski definition) is 1. The van der Waals surface area contributed by atoms with E-state index >= 15 is 0 Å². The maximum absolute atomic E-state index is 12.2. The Labute approximate surface area is 140 Å². The number of phenolic OH excluding ortho intramolecular Hbond substituents is 1. The van der Waals surface area contributed by atoms with Crippen molar-refractivity contribution in [1.82, 2.24) is 9.88 Å². The molecule has 2 bridgehead atoms. The van der Waals surface area contributed by atoms with Gasteiger partial charge in [-0.15, -0.1) is 0 Å². The molecule has 4 rings (SSSR count). The van der Waals surface area contributed by atoms with Crippen molar-refractivity contribution in [2.24, 2.45) is 0 Å². The van der Waals surface area contributed by atoms with Crippen molar-refractivity contribution in [3.63, 3.8) is 0 Å². The fourth-order valence-corrected chi connectivity index (χ4v) is 3.62. The lowest BCUT2D eigenvalue weighted by Gasteiger charge is -2.34. The molecular weight excluding hydrogens is 302 g/mol. The fourth-order valence-electron chi connectivity index (χ4n) is 3.62. The quantitative estimate of drug-likeness (QED) is 0.692. The van der Waals surface area contributed by atoms with E-state index in [0.29, 0.717) is 17.6 Å². The van der Waals surface area contributed by atoms with Gasteiger partial charge in [0.25, 0.3) is 0 Å². The lowest BCUT2D eigenvalue weighted by Crippen LogP contribution is -2.44. The molecule has 24 heavy (non-hydrogen) atoms. The highest BCUT2D eigenvalue weighted by Crippen LogP contribution is 2.33. The van der Waals surface area contributed by atoms with Crippen molar-refractivity contribution in [2.75, 3.05) is 18.0 Å². The molecule has 2 unspecified atom stereocenters. The van der Waals surface area contributed by atoms with Gasteiger partial charge in [0, 0.05) is 43.6 Å². The Bertz CT molecular complexity index is 775. The average Bonchev–Trinajstić information content (AvgIpc) is 3.21. The third kappa shape index (κ3) is 2.62. The van der Waals surface area contributed by atoms with Crippen LogP contribution in [0.15, 0.2) is 60.9 Å². The first kappa shape index (κ1) is 14.8. The van der Waals surface area contributed by atoms with Gasteiger partial charge in [0.1, 0.15) is 11.6 Å². The molecule has 2 fully saturated rings. The van der Waals surface area contributed by atoms with Crippen LogP contribution in [0.4, 0.5) is 5.82 Å². The topological polar surface area (TPSA) is 56.7 Å². The van der Waals surface area contributed by atoms with Crippen LogP contribution in [0.2, 0.25) is 0 Å². The van der Waals surface area contributed by atoms with E-state index in [-0.39, 0.29) is 11.5 Å². The molecule has 0 saturated carbocycles. The number of nitrogens with zero attached hydrogens (tertiary/aromatic N) is 3. The normalized spacial score (nSPS) is 22.5. The predicted molar refractivity (Wildman–Crippen MR) is 92.1 cm³/mol. The second-order valence-electron chi connectivity index (χ2n) is 6.28. The Balaban J connectivity index is 1.42. The molecule has 2 aromatic rings. The molecule has 0 spiro atoms. The Morgan fingerprint density at radius 1 is 1.12 bits per heavy atom. The summed E-state index contributed by atoms with van der Waals surface area (Å²) in [6, 6.07) is 13.5. The number of fused-ring (bicyclic) bond motifs is 2. The van der Waals surface area contributed by atoms with Crippen LogP contribution in [-0.4, -0.2) is 45.9 Å². The largest absolute Gasteiger partial charge is 0.507 e. The number of phenols is 1. The summed E-state index contributed by atoms with van der Waals surface area (Å²) in [6.45, 7) is 1.82. The number of para-hydroxylation sites is 1. The number of allylic oxidation sites excluding steroid dienone is 1. The summed E-state index contributed by atoms with van der Waals surface area (Å²) < 4.78 is 0. The molecule has 2 atom stereocenters. The smallest absolute Gasteiger partial charge is 0.190 e. The summed E-state index contributed by atoms with van der Waals surface area (Å²) >= 11 is 0. The van der Waals surface area contributed by atoms with Crippen LogP contribution in [-0.2, 0) is 0 Å². The zero-order valence-electron chi connectivity index (χ0n) is 13.2. The van der Waals surface area contributed by atoms with Crippen LogP contribution >= 0.6 is 0 Å². The molecule has 1 N–H and O–H groups in total. The van der Waals surface area contributed by atoms with Crippen molar-refractivity contribution < 1.29 is 9.90 Å². The lowest BCUT2D eigenvalue weighted by atomic mass is 10.1. The first-order chi connectivity index (χ1) is 11.7. The number of benzene rings is 1. The van der Waals surface area contributed by atoms with Crippen LogP contribution in [0.5, 0.6) is 5.75 Å². The number of carbonyl (C=O) groups excluding carboxylic acids is 1. The number of anilines is 1. The molecule has 5 nitrogen and oxygen atoms in total. The predicted octanol–water partition coefficient (Wildman–Crippen LogP) is 2.45. The number of ketones is 1. The molecule has 0 radical (unpaired) electrons. The summed E-state index contributed by atoms with van der Waals surface area (Å²) in [7, 11) is 0. The van der Waals surface area contributed by atoms with Gasteiger partial charge in [-0.3, -0.25) is 4.79 Å². The molecule has 122 valence electrons. The zero-order chi connectivity index (χ0) is 16.5. The van der Waals surface area contributed by atoms with Gasteiger partial charge >= 0.3 is 0 Å². The molecule has 1 aromatic heterocycles. The summed E-state index contributed by atoms with van der Waals surface area (Å²) in [5.74, 6) is 0.882. The third-order valence-electron chi connectivity index (χ3n) is 4.81. The molecule has 3 heterocycles. The summed E-state index contributed by atoms with van der Waals surface area (Å²) in [4.78, 5) is 21.2. The zero-order valence-corrected chi connectivity index (χ0v) is 13.2. The minimum absolute atomic E-state index is 0.0245. The Morgan fingerprint density at radius 2 is 1.96 bits per heavy atom. The van der Waals surface area contributed by atoms with Gasteiger partial charge in [-0.25, -0.2) is 4.98 Å². The van der Waals surface area contributed by atoms with E-state index in [1.165, 1.54) is 6.07 Å². The number of hydrogen-bond acceptors (Lipinski definition) is 5. The van der Waals surface area contributed by atoms with Gasteiger partial charge in [-0.1, -0.05) is 18.2 Å². The number of rotatable bonds is 4. The van der Waals surface area contributed by atoms with E-state index in [2.05, 4.69) is 14.8 Å². The fraction of sp³-hybridized carbons (Fsp3) is 0.263. The van der Waals surface area contributed by atoms with E-state index in [1.807, 2.05) is 30.6 Å². The number of carbonyl (C=O) groups is 1. The monoisotopic (exact) mass is 321 g/mol. The number of aromatic hydroxyl groups is 1. The van der Waals surface area contributed by atoms with Gasteiger partial charge in [0.05, 0.1) is 5.56 Å². The molecule has 2 aliphatic heterocycles. The second kappa shape index (κ2) is 6.00. The van der Waals surface area contributed by atoms with Gasteiger partial charge in [-0.05, 0) is 30.7 Å². The first-order valence-corrected chi connectivity index (χ1v) is 8.16. The van der Waals surface area contributed by atoms with Crippen molar-refractivity contribution in [2.45, 2.75) is 18.5 Å². The third-order valence-corrected chi connectivity index (χ3v) is 4.81. The lowest BCUT2D eigenvalue weighted by molar-refractivity contribution is 0.104. The highest BCUT2D eigenvalue weighted by Gasteiger charge is 2.42. The molecular formula is C19H19N3O2. The number of likely N-dealkylation sites (tertiary alicyclic amines) is 1. The minimum atomic E-state index is -0.169. The number of pyridine rings is 1. The van der Waals surface area contributed by atoms with Gasteiger partial charge in [-0.2, -0.15) is 0 Å². The average molecular weight is 321 g/mol. The van der Waals surface area contributed by atoms with Crippen LogP contribution < -0.4 is 4.90 Å². The SMILES string of the molecule is O=C(C=CN1CC2CC1CN2c1ccccn1)c1ccccc1O. The Hall–Kier alpha value is -2.82. The molecule has 2 aliphatic rings. The summed E-state index contributed by atoms with van der Waals surface area (Å²) in [6.07, 6.45) is 6.34. The Morgan fingerprint density at radius 3 is 2.67 bits per heavy atom. The highest BCUT2D eigenvalue weighted by molar-refractivity contribution is 6.06. The standard InChI is InChI=1S/C19H19N3O2/c23-17-6-2-1-5-16(17)18(24)8-10-21-12-15-11-14(21)13-22(15)19-7-3-4-9-20-19/h1-10,14-15,23H,11-13H2. The number of piperazine rings is 1. The van der Waals surface area contributed by atoms with Crippen LogP contribution in [0.3, 0.4) is 0 Å². The summed E-state index contributed by atoms with van der Waals surface area (Å²) in [5, 5.41) is 9.76. The van der Waals surface area contributed by atoms with Crippen LogP contribution in [0, 0.1) is 0 Å². The highest BCUT2D eigenvalue weighted by atomic mass is 16.3. The first-order valence-electron chi connectivity index (χ1n) is 8.16. The van der Waals surface area contributed by atoms with Crippen molar-refractivity contribution in [3.05, 3.63) is 66.5 Å². The van der Waals surface area contributed by atoms with Crippen molar-refractivity contribution in [1.29, 1.82) is 0 Å². The molecule has 1 aromatic carbocycles. The van der Waals surface area contributed by atoms with Gasteiger partial charge in [0.2, 0.25) is 0 Å². The minimum Gasteiger partial charge on any atom is -0.507 e. The van der Waals surface area contributed by atoms with Gasteiger partial charge < -0.3 is 14.9 Å². The van der Waals surface area contributed by atoms with Crippen molar-refractivity contribution >= 4 is 11.6 Å². The van der Waals surface area contributed by atoms with Crippen LogP contribution in [0.1, 0.15) is 16.8 Å². The molecule has 5 heteroatoms. The maximum atomic E-state index is 12.2. The maximum Gasteiger partial charge on any atom is 0.190 e. The van der Waals surface area contributed by atoms with Crippen LogP contribution in [0.25, 0.3) is 0 Å². The van der Waals surface area contributed by atoms with E-state index < -0.39 is 0 Å². The van der Waals surface area contributed by atoms with Crippen molar-refractivity contribution in [3.8, 4) is 5.75 Å². The molecule has 0 aliphatic carbocycles. The van der Waals surface area contributed by atoms with E-state index in [4.69, 9.17) is 0 Å². The van der Waals surface area contributed by atoms with Gasteiger partial charge in [0.15, 0.2) is 5.78 Å². The number of aromatic nitrogens is 1. The van der Waals surface area contributed by atoms with E-state index in [0.717, 1.165) is 25.3 Å². The Kier molecular flexibility index (Phi) is 3.69. The molecule has 0 amide bonds. The molecule has 2 saturated heterocycles. The van der Waals surface area contributed by atoms with E-state index in [1.54, 1.807) is 24.3 Å². The summed E-state index contributed by atoms with van der Waals surface area (Å²) in [5.41, 5.74) is 0.341. The second-order valence-corrected chi connectivity index (χ2v) is 6.28. The van der Waals surface area contributed by atoms with E-state index in [9.17, 15) is 9.90 Å².